The van der Waals surface area contributed by atoms with E-state index in [1.165, 1.54) is 0 Å². The van der Waals surface area contributed by atoms with Crippen LogP contribution in [0.3, 0.4) is 0 Å². The topological polar surface area (TPSA) is 57.5 Å². The quantitative estimate of drug-likeness (QED) is 0.865. The van der Waals surface area contributed by atoms with E-state index in [0.29, 0.717) is 6.42 Å². The highest BCUT2D eigenvalue weighted by molar-refractivity contribution is 5.85. The fourth-order valence-electron chi connectivity index (χ4n) is 2.14. The summed E-state index contributed by atoms with van der Waals surface area (Å²) in [6.07, 6.45) is 0.647. The first kappa shape index (κ1) is 12.4. The summed E-state index contributed by atoms with van der Waals surface area (Å²) in [5.41, 5.74) is 0.815. The molecule has 0 bridgehead atoms. The van der Waals surface area contributed by atoms with Gasteiger partial charge in [-0.15, -0.1) is 0 Å². The van der Waals surface area contributed by atoms with Gasteiger partial charge in [-0.2, -0.15) is 0 Å². The second kappa shape index (κ2) is 5.08. The van der Waals surface area contributed by atoms with Crippen LogP contribution >= 0.6 is 0 Å². The molecule has 3 nitrogen and oxygen atoms in total. The molecule has 3 heteroatoms. The number of hydrogen-bond donors (Lipinski definition) is 2. The van der Waals surface area contributed by atoms with Gasteiger partial charge < -0.3 is 10.2 Å². The number of aliphatic carboxylic acids is 1. The highest BCUT2D eigenvalue weighted by Gasteiger charge is 2.13. The van der Waals surface area contributed by atoms with E-state index >= 15 is 0 Å². The Balaban J connectivity index is 2.32. The summed E-state index contributed by atoms with van der Waals surface area (Å²) in [5, 5.41) is 20.7. The Bertz CT molecular complexity index is 575. The molecule has 0 saturated carbocycles. The summed E-state index contributed by atoms with van der Waals surface area (Å²) in [7, 11) is 0. The number of phenolic OH excluding ortho intramolecular Hbond substituents is 1. The zero-order valence-electron chi connectivity index (χ0n) is 10.3. The monoisotopic (exact) mass is 244 g/mol. The highest BCUT2D eigenvalue weighted by Crippen LogP contribution is 2.32. The summed E-state index contributed by atoms with van der Waals surface area (Å²) >= 11 is 0. The van der Waals surface area contributed by atoms with Crippen molar-refractivity contribution in [2.24, 2.45) is 0 Å². The van der Waals surface area contributed by atoms with Crippen molar-refractivity contribution in [1.29, 1.82) is 0 Å². The molecule has 0 saturated heterocycles. The fraction of sp³-hybridized carbons (Fsp3) is 0.267. The maximum Gasteiger partial charge on any atom is 0.303 e. The average molecular weight is 244 g/mol. The van der Waals surface area contributed by atoms with Gasteiger partial charge in [0, 0.05) is 6.42 Å². The Kier molecular flexibility index (Phi) is 3.51. The van der Waals surface area contributed by atoms with Crippen molar-refractivity contribution in [2.75, 3.05) is 0 Å². The predicted molar refractivity (Wildman–Crippen MR) is 70.9 cm³/mol. The minimum Gasteiger partial charge on any atom is -0.508 e. The normalized spacial score (nSPS) is 12.5. The molecule has 0 heterocycles. The molecule has 2 rings (SSSR count). The van der Waals surface area contributed by atoms with Crippen LogP contribution in [0.4, 0.5) is 0 Å². The Morgan fingerprint density at radius 3 is 2.44 bits per heavy atom. The number of carboxylic acid groups (broad SMARTS) is 1. The van der Waals surface area contributed by atoms with E-state index in [2.05, 4.69) is 0 Å². The molecule has 2 aromatic rings. The first-order chi connectivity index (χ1) is 8.58. The van der Waals surface area contributed by atoms with Gasteiger partial charge in [-0.1, -0.05) is 31.2 Å². The van der Waals surface area contributed by atoms with Gasteiger partial charge in [0.1, 0.15) is 5.75 Å². The number of carboxylic acids is 1. The molecule has 0 aromatic heterocycles. The third-order valence-corrected chi connectivity index (χ3v) is 3.22. The van der Waals surface area contributed by atoms with Gasteiger partial charge in [-0.05, 0) is 40.8 Å². The van der Waals surface area contributed by atoms with Crippen molar-refractivity contribution in [1.82, 2.24) is 0 Å². The summed E-state index contributed by atoms with van der Waals surface area (Å²) in [6.45, 7) is 1.94. The number of carbonyl (C=O) groups is 1. The van der Waals surface area contributed by atoms with Gasteiger partial charge in [-0.25, -0.2) is 0 Å². The SMILES string of the molecule is CC(CCC(=O)O)c1cc2ccccc2cc1O. The molecule has 2 aromatic carbocycles. The van der Waals surface area contributed by atoms with E-state index in [0.717, 1.165) is 16.3 Å². The molecule has 0 aliphatic rings. The predicted octanol–water partition coefficient (Wildman–Crippen LogP) is 3.51. The van der Waals surface area contributed by atoms with Crippen LogP contribution in [0.25, 0.3) is 10.8 Å². The summed E-state index contributed by atoms with van der Waals surface area (Å²) in [5.74, 6) is -0.528. The molecule has 0 radical (unpaired) electrons. The molecule has 1 unspecified atom stereocenters. The van der Waals surface area contributed by atoms with Gasteiger partial charge in [-0.3, -0.25) is 4.79 Å². The van der Waals surface area contributed by atoms with Gasteiger partial charge in [0.15, 0.2) is 0 Å². The molecular weight excluding hydrogens is 228 g/mol. The Morgan fingerprint density at radius 1 is 1.22 bits per heavy atom. The zero-order valence-corrected chi connectivity index (χ0v) is 10.3. The number of rotatable bonds is 4. The maximum atomic E-state index is 10.6. The van der Waals surface area contributed by atoms with E-state index in [9.17, 15) is 9.90 Å². The van der Waals surface area contributed by atoms with Crippen molar-refractivity contribution < 1.29 is 15.0 Å². The molecule has 1 atom stereocenters. The smallest absolute Gasteiger partial charge is 0.303 e. The van der Waals surface area contributed by atoms with Crippen LogP contribution in [-0.4, -0.2) is 16.2 Å². The summed E-state index contributed by atoms with van der Waals surface area (Å²) in [6, 6.07) is 11.5. The van der Waals surface area contributed by atoms with Crippen LogP contribution < -0.4 is 0 Å². The van der Waals surface area contributed by atoms with Gasteiger partial charge in [0.25, 0.3) is 0 Å². The molecule has 0 amide bonds. The summed E-state index contributed by atoms with van der Waals surface area (Å²) < 4.78 is 0. The standard InChI is InChI=1S/C15H16O3/c1-10(6-7-15(17)18)13-8-11-4-2-3-5-12(11)9-14(13)16/h2-5,8-10,16H,6-7H2,1H3,(H,17,18). The fourth-order valence-corrected chi connectivity index (χ4v) is 2.14. The van der Waals surface area contributed by atoms with Crippen molar-refractivity contribution in [3.63, 3.8) is 0 Å². The molecule has 0 aliphatic carbocycles. The lowest BCUT2D eigenvalue weighted by molar-refractivity contribution is -0.137. The molecule has 2 N–H and O–H groups in total. The lowest BCUT2D eigenvalue weighted by atomic mass is 9.93. The average Bonchev–Trinajstić information content (AvgIpc) is 2.35. The van der Waals surface area contributed by atoms with Crippen molar-refractivity contribution in [2.45, 2.75) is 25.7 Å². The molecule has 18 heavy (non-hydrogen) atoms. The van der Waals surface area contributed by atoms with Crippen LogP contribution in [0.2, 0.25) is 0 Å². The third kappa shape index (κ3) is 2.62. The maximum absolute atomic E-state index is 10.6. The largest absolute Gasteiger partial charge is 0.508 e. The minimum absolute atomic E-state index is 0.0331. The summed E-state index contributed by atoms with van der Waals surface area (Å²) in [4.78, 5) is 10.6. The first-order valence-electron chi connectivity index (χ1n) is 6.01. The van der Waals surface area contributed by atoms with E-state index < -0.39 is 5.97 Å². The highest BCUT2D eigenvalue weighted by atomic mass is 16.4. The molecule has 0 spiro atoms. The number of phenols is 1. The van der Waals surface area contributed by atoms with Gasteiger partial charge in [0.05, 0.1) is 0 Å². The van der Waals surface area contributed by atoms with Crippen LogP contribution in [-0.2, 0) is 4.79 Å². The number of fused-ring (bicyclic) bond motifs is 1. The Hall–Kier alpha value is -2.03. The van der Waals surface area contributed by atoms with Gasteiger partial charge in [0.2, 0.25) is 0 Å². The van der Waals surface area contributed by atoms with E-state index in [1.54, 1.807) is 6.07 Å². The van der Waals surface area contributed by atoms with Crippen LogP contribution in [0.1, 0.15) is 31.2 Å². The molecule has 94 valence electrons. The van der Waals surface area contributed by atoms with E-state index in [-0.39, 0.29) is 18.1 Å². The lowest BCUT2D eigenvalue weighted by Gasteiger charge is -2.13. The van der Waals surface area contributed by atoms with E-state index in [1.807, 2.05) is 37.3 Å². The van der Waals surface area contributed by atoms with Crippen LogP contribution in [0, 0.1) is 0 Å². The van der Waals surface area contributed by atoms with Crippen LogP contribution in [0.15, 0.2) is 36.4 Å². The first-order valence-corrected chi connectivity index (χ1v) is 6.01. The second-order valence-corrected chi connectivity index (χ2v) is 4.59. The third-order valence-electron chi connectivity index (χ3n) is 3.22. The van der Waals surface area contributed by atoms with Crippen LogP contribution in [0.5, 0.6) is 5.75 Å². The lowest BCUT2D eigenvalue weighted by Crippen LogP contribution is -2.00. The van der Waals surface area contributed by atoms with Crippen molar-refractivity contribution in [3.8, 4) is 5.75 Å². The number of hydrogen-bond acceptors (Lipinski definition) is 2. The minimum atomic E-state index is -0.804. The molecular formula is C15H16O3. The van der Waals surface area contributed by atoms with Crippen molar-refractivity contribution >= 4 is 16.7 Å². The zero-order chi connectivity index (χ0) is 13.1. The Labute approximate surface area is 106 Å². The van der Waals surface area contributed by atoms with E-state index in [4.69, 9.17) is 5.11 Å². The van der Waals surface area contributed by atoms with Gasteiger partial charge >= 0.3 is 5.97 Å². The number of benzene rings is 2. The molecule has 0 fully saturated rings. The Morgan fingerprint density at radius 2 is 1.83 bits per heavy atom. The molecule has 0 aliphatic heterocycles. The number of aromatic hydroxyl groups is 1. The van der Waals surface area contributed by atoms with Crippen molar-refractivity contribution in [3.05, 3.63) is 42.0 Å². The second-order valence-electron chi connectivity index (χ2n) is 4.59.